The maximum atomic E-state index is 12.4. The lowest BCUT2D eigenvalue weighted by Crippen LogP contribution is -2.29. The molecule has 1 aliphatic heterocycles. The first-order valence-electron chi connectivity index (χ1n) is 8.06. The third kappa shape index (κ3) is 3.84. The summed E-state index contributed by atoms with van der Waals surface area (Å²) in [5.74, 6) is -0.402. The molecular weight excluding hydrogens is 308 g/mol. The number of aliphatic hydroxyl groups is 1. The van der Waals surface area contributed by atoms with E-state index in [1.165, 1.54) is 11.0 Å². The predicted octanol–water partition coefficient (Wildman–Crippen LogP) is 0.348. The summed E-state index contributed by atoms with van der Waals surface area (Å²) >= 11 is 0. The molecule has 0 aliphatic carbocycles. The molecule has 0 bridgehead atoms. The second-order valence-electron chi connectivity index (χ2n) is 6.60. The number of rotatable bonds is 4. The molecule has 1 N–H and O–H groups in total. The molecule has 0 spiro atoms. The number of aryl methyl sites for hydroxylation is 2. The molecule has 0 radical (unpaired) electrons. The molecule has 2 atom stereocenters. The zero-order valence-corrected chi connectivity index (χ0v) is 15.0. The molecule has 0 unspecified atom stereocenters. The Labute approximate surface area is 142 Å². The van der Waals surface area contributed by atoms with Crippen LogP contribution in [0.15, 0.2) is 6.08 Å². The number of hydrogen-bond donors (Lipinski definition) is 1. The highest BCUT2D eigenvalue weighted by Gasteiger charge is 2.34. The van der Waals surface area contributed by atoms with Crippen LogP contribution in [0.25, 0.3) is 6.08 Å². The van der Waals surface area contributed by atoms with E-state index in [0.29, 0.717) is 6.54 Å². The van der Waals surface area contributed by atoms with E-state index in [4.69, 9.17) is 0 Å². The lowest BCUT2D eigenvalue weighted by Gasteiger charge is -2.16. The van der Waals surface area contributed by atoms with Crippen LogP contribution in [0.4, 0.5) is 0 Å². The first-order valence-corrected chi connectivity index (χ1v) is 8.06. The molecule has 1 saturated heterocycles. The average molecular weight is 334 g/mol. The number of aliphatic hydroxyl groups excluding tert-OH is 1. The highest BCUT2D eigenvalue weighted by molar-refractivity contribution is 5.92. The Morgan fingerprint density at radius 3 is 2.54 bits per heavy atom. The monoisotopic (exact) mass is 334 g/mol. The Balaban J connectivity index is 2.01. The van der Waals surface area contributed by atoms with Crippen LogP contribution in [-0.2, 0) is 16.6 Å². The molecular formula is C17H26N4O3. The molecule has 1 aromatic heterocycles. The van der Waals surface area contributed by atoms with Crippen LogP contribution in [-0.4, -0.2) is 69.8 Å². The van der Waals surface area contributed by atoms with E-state index in [1.807, 2.05) is 20.9 Å². The average Bonchev–Trinajstić information content (AvgIpc) is 2.98. The fourth-order valence-corrected chi connectivity index (χ4v) is 2.93. The third-order valence-electron chi connectivity index (χ3n) is 4.61. The Morgan fingerprint density at radius 1 is 1.33 bits per heavy atom. The number of hydrogen-bond acceptors (Lipinski definition) is 4. The number of nitrogens with zero attached hydrogens (tertiary/aromatic N) is 4. The van der Waals surface area contributed by atoms with Crippen molar-refractivity contribution in [1.29, 1.82) is 0 Å². The van der Waals surface area contributed by atoms with Gasteiger partial charge in [0.1, 0.15) is 0 Å². The summed E-state index contributed by atoms with van der Waals surface area (Å²) in [6.07, 6.45) is 2.88. The Kier molecular flexibility index (Phi) is 5.43. The minimum atomic E-state index is -0.659. The van der Waals surface area contributed by atoms with Crippen LogP contribution in [0.5, 0.6) is 0 Å². The van der Waals surface area contributed by atoms with Crippen molar-refractivity contribution in [2.24, 2.45) is 13.0 Å². The second-order valence-corrected chi connectivity index (χ2v) is 6.60. The Hall–Kier alpha value is -2.15. The molecule has 7 heteroatoms. The number of β-amino-alcohol motifs (C(OH)–C–C–N with tert-alkyl or cyclic N) is 1. The number of amides is 2. The van der Waals surface area contributed by atoms with Crippen molar-refractivity contribution >= 4 is 17.9 Å². The largest absolute Gasteiger partial charge is 0.391 e. The molecule has 132 valence electrons. The van der Waals surface area contributed by atoms with E-state index in [-0.39, 0.29) is 30.7 Å². The molecule has 0 saturated carbocycles. The van der Waals surface area contributed by atoms with Crippen molar-refractivity contribution < 1.29 is 14.7 Å². The fraction of sp³-hybridized carbons (Fsp3) is 0.588. The second kappa shape index (κ2) is 7.17. The van der Waals surface area contributed by atoms with Gasteiger partial charge in [-0.1, -0.05) is 0 Å². The minimum Gasteiger partial charge on any atom is -0.391 e. The maximum absolute atomic E-state index is 12.4. The lowest BCUT2D eigenvalue weighted by atomic mass is 10.0. The van der Waals surface area contributed by atoms with Gasteiger partial charge in [-0.2, -0.15) is 5.10 Å². The molecule has 2 rings (SSSR count). The van der Waals surface area contributed by atoms with Crippen LogP contribution in [0, 0.1) is 19.8 Å². The Morgan fingerprint density at radius 2 is 2.00 bits per heavy atom. The van der Waals surface area contributed by atoms with E-state index < -0.39 is 6.10 Å². The van der Waals surface area contributed by atoms with E-state index >= 15 is 0 Å². The van der Waals surface area contributed by atoms with Crippen molar-refractivity contribution in [2.75, 3.05) is 27.2 Å². The predicted molar refractivity (Wildman–Crippen MR) is 91.1 cm³/mol. The summed E-state index contributed by atoms with van der Waals surface area (Å²) in [5, 5.41) is 14.4. The van der Waals surface area contributed by atoms with Gasteiger partial charge in [0.25, 0.3) is 0 Å². The number of aromatic nitrogens is 2. The number of carbonyl (C=O) groups is 2. The zero-order valence-electron chi connectivity index (χ0n) is 15.0. The van der Waals surface area contributed by atoms with Gasteiger partial charge in [-0.05, 0) is 19.9 Å². The highest BCUT2D eigenvalue weighted by Crippen LogP contribution is 2.22. The van der Waals surface area contributed by atoms with Gasteiger partial charge in [0.05, 0.1) is 11.8 Å². The first kappa shape index (κ1) is 18.2. The smallest absolute Gasteiger partial charge is 0.246 e. The highest BCUT2D eigenvalue weighted by atomic mass is 16.3. The van der Waals surface area contributed by atoms with Crippen LogP contribution in [0.3, 0.4) is 0 Å². The van der Waals surface area contributed by atoms with Crippen LogP contribution in [0.2, 0.25) is 0 Å². The van der Waals surface area contributed by atoms with Gasteiger partial charge < -0.3 is 14.9 Å². The maximum Gasteiger partial charge on any atom is 0.246 e. The lowest BCUT2D eigenvalue weighted by molar-refractivity contribution is -0.130. The van der Waals surface area contributed by atoms with Crippen molar-refractivity contribution in [2.45, 2.75) is 26.4 Å². The standard InChI is InChI=1S/C17H26N4O3/c1-11-14(12(2)20(5)18-11)6-7-16(23)21-9-13(15(22)10-21)8-17(24)19(3)4/h6-7,13,15,22H,8-10H2,1-5H3/t13-,15-/m0/s1. The summed E-state index contributed by atoms with van der Waals surface area (Å²) < 4.78 is 1.78. The Bertz CT molecular complexity index is 663. The fourth-order valence-electron chi connectivity index (χ4n) is 2.93. The van der Waals surface area contributed by atoms with Crippen LogP contribution < -0.4 is 0 Å². The van der Waals surface area contributed by atoms with Crippen LogP contribution >= 0.6 is 0 Å². The summed E-state index contributed by atoms with van der Waals surface area (Å²) in [4.78, 5) is 27.3. The van der Waals surface area contributed by atoms with Crippen molar-refractivity contribution in [3.63, 3.8) is 0 Å². The molecule has 2 heterocycles. The summed E-state index contributed by atoms with van der Waals surface area (Å²) in [6.45, 7) is 4.51. The number of carbonyl (C=O) groups excluding carboxylic acids is 2. The molecule has 1 aliphatic rings. The zero-order chi connectivity index (χ0) is 18.0. The SMILES string of the molecule is Cc1nn(C)c(C)c1C=CC(=O)N1C[C@H](CC(=O)N(C)C)[C@@H](O)C1. The van der Waals surface area contributed by atoms with E-state index in [2.05, 4.69) is 5.10 Å². The molecule has 1 aromatic rings. The van der Waals surface area contributed by atoms with Crippen LogP contribution in [0.1, 0.15) is 23.4 Å². The third-order valence-corrected chi connectivity index (χ3v) is 4.61. The van der Waals surface area contributed by atoms with E-state index in [0.717, 1.165) is 17.0 Å². The normalized spacial score (nSPS) is 20.8. The van der Waals surface area contributed by atoms with Gasteiger partial charge in [0.15, 0.2) is 0 Å². The van der Waals surface area contributed by atoms with E-state index in [1.54, 1.807) is 29.8 Å². The molecule has 7 nitrogen and oxygen atoms in total. The molecule has 1 fully saturated rings. The van der Waals surface area contributed by atoms with Crippen molar-refractivity contribution in [3.8, 4) is 0 Å². The van der Waals surface area contributed by atoms with Gasteiger partial charge in [0.2, 0.25) is 11.8 Å². The van der Waals surface area contributed by atoms with Gasteiger partial charge in [0, 0.05) is 63.9 Å². The van der Waals surface area contributed by atoms with Crippen molar-refractivity contribution in [3.05, 3.63) is 23.0 Å². The van der Waals surface area contributed by atoms with Gasteiger partial charge in [-0.25, -0.2) is 0 Å². The first-order chi connectivity index (χ1) is 11.2. The quantitative estimate of drug-likeness (QED) is 0.806. The topological polar surface area (TPSA) is 78.7 Å². The minimum absolute atomic E-state index is 0.0366. The summed E-state index contributed by atoms with van der Waals surface area (Å²) in [7, 11) is 5.24. The van der Waals surface area contributed by atoms with Gasteiger partial charge in [-0.15, -0.1) is 0 Å². The van der Waals surface area contributed by atoms with Gasteiger partial charge >= 0.3 is 0 Å². The molecule has 2 amide bonds. The summed E-state index contributed by atoms with van der Waals surface area (Å²) in [6, 6.07) is 0. The summed E-state index contributed by atoms with van der Waals surface area (Å²) in [5.41, 5.74) is 2.80. The molecule has 0 aromatic carbocycles. The number of likely N-dealkylation sites (tertiary alicyclic amines) is 1. The molecule has 24 heavy (non-hydrogen) atoms. The van der Waals surface area contributed by atoms with Gasteiger partial charge in [-0.3, -0.25) is 14.3 Å². The van der Waals surface area contributed by atoms with E-state index in [9.17, 15) is 14.7 Å². The van der Waals surface area contributed by atoms with Crippen molar-refractivity contribution in [1.82, 2.24) is 19.6 Å².